The number of nitrogens with one attached hydrogen (secondary N) is 1. The fraction of sp³-hybridized carbons (Fsp3) is 0.263. The van der Waals surface area contributed by atoms with Crippen molar-refractivity contribution in [3.8, 4) is 0 Å². The van der Waals surface area contributed by atoms with Crippen LogP contribution in [0.4, 0.5) is 11.6 Å². The van der Waals surface area contributed by atoms with Crippen LogP contribution in [0.2, 0.25) is 0 Å². The van der Waals surface area contributed by atoms with Crippen molar-refractivity contribution in [3.05, 3.63) is 53.9 Å². The van der Waals surface area contributed by atoms with E-state index >= 15 is 0 Å². The van der Waals surface area contributed by atoms with E-state index in [1.807, 2.05) is 43.3 Å². The molecule has 7 heteroatoms. The van der Waals surface area contributed by atoms with Gasteiger partial charge in [-0.25, -0.2) is 23.1 Å². The van der Waals surface area contributed by atoms with Gasteiger partial charge in [0.15, 0.2) is 0 Å². The van der Waals surface area contributed by atoms with Crippen molar-refractivity contribution in [2.45, 2.75) is 24.2 Å². The number of benzene rings is 2. The van der Waals surface area contributed by atoms with E-state index in [2.05, 4.69) is 14.7 Å². The van der Waals surface area contributed by atoms with Gasteiger partial charge in [-0.1, -0.05) is 24.3 Å². The minimum Gasteiger partial charge on any atom is -0.377 e. The Bertz CT molecular complexity index is 1090. The number of aromatic nitrogens is 2. The molecule has 0 aliphatic heterocycles. The number of rotatable bonds is 4. The molecule has 134 valence electrons. The largest absolute Gasteiger partial charge is 0.377 e. The smallest absolute Gasteiger partial charge is 0.264 e. The van der Waals surface area contributed by atoms with Crippen molar-refractivity contribution in [1.82, 2.24) is 9.97 Å². The van der Waals surface area contributed by atoms with Crippen LogP contribution < -0.4 is 9.62 Å². The summed E-state index contributed by atoms with van der Waals surface area (Å²) in [4.78, 5) is 10.8. The number of anilines is 2. The zero-order chi connectivity index (χ0) is 18.3. The van der Waals surface area contributed by atoms with Gasteiger partial charge in [-0.15, -0.1) is 0 Å². The highest BCUT2D eigenvalue weighted by Gasteiger charge is 2.21. The van der Waals surface area contributed by atoms with Crippen molar-refractivity contribution >= 4 is 32.4 Å². The summed E-state index contributed by atoms with van der Waals surface area (Å²) in [6.45, 7) is 0. The lowest BCUT2D eigenvalue weighted by molar-refractivity contribution is 0.601. The lowest BCUT2D eigenvalue weighted by atomic mass is 10.1. The average molecular weight is 368 g/mol. The molecule has 0 fully saturated rings. The Morgan fingerprint density at radius 2 is 1.81 bits per heavy atom. The van der Waals surface area contributed by atoms with Crippen LogP contribution in [0.3, 0.4) is 0 Å². The summed E-state index contributed by atoms with van der Waals surface area (Å²) in [5.41, 5.74) is 3.01. The quantitative estimate of drug-likeness (QED) is 0.766. The summed E-state index contributed by atoms with van der Waals surface area (Å²) < 4.78 is 28.5. The molecule has 1 aliphatic rings. The standard InChI is InChI=1S/C19H20N4O2S/c1-23(2)17-10-4-8-15-14(17)7-5-11-18(15)26(24,25)22-19-20-12-13-6-3-9-16(13)21-19/h4-5,7-8,10-12H,3,6,9H2,1-2H3,(H,20,21,22). The summed E-state index contributed by atoms with van der Waals surface area (Å²) in [6, 6.07) is 10.9. The summed E-state index contributed by atoms with van der Waals surface area (Å²) in [5.74, 6) is 0.131. The molecule has 0 unspecified atom stereocenters. The molecular formula is C19H20N4O2S. The molecule has 0 saturated carbocycles. The van der Waals surface area contributed by atoms with E-state index in [0.717, 1.165) is 41.6 Å². The molecule has 1 N–H and O–H groups in total. The number of fused-ring (bicyclic) bond motifs is 2. The molecule has 0 atom stereocenters. The highest BCUT2D eigenvalue weighted by Crippen LogP contribution is 2.31. The minimum atomic E-state index is -3.79. The molecule has 26 heavy (non-hydrogen) atoms. The summed E-state index contributed by atoms with van der Waals surface area (Å²) in [5, 5.41) is 1.56. The second-order valence-corrected chi connectivity index (χ2v) is 8.30. The van der Waals surface area contributed by atoms with E-state index in [1.54, 1.807) is 18.3 Å². The van der Waals surface area contributed by atoms with Gasteiger partial charge in [-0.05, 0) is 37.0 Å². The fourth-order valence-electron chi connectivity index (χ4n) is 3.43. The normalized spacial score (nSPS) is 13.6. The van der Waals surface area contributed by atoms with E-state index in [4.69, 9.17) is 0 Å². The van der Waals surface area contributed by atoms with Gasteiger partial charge in [0, 0.05) is 42.4 Å². The van der Waals surface area contributed by atoms with Crippen LogP contribution in [0.1, 0.15) is 17.7 Å². The Balaban J connectivity index is 1.78. The lowest BCUT2D eigenvalue weighted by Crippen LogP contribution is -2.16. The van der Waals surface area contributed by atoms with Crippen LogP contribution in [0.15, 0.2) is 47.5 Å². The molecule has 0 amide bonds. The van der Waals surface area contributed by atoms with Crippen molar-refractivity contribution in [1.29, 1.82) is 0 Å². The molecule has 1 aromatic heterocycles. The third-order valence-electron chi connectivity index (χ3n) is 4.67. The number of hydrogen-bond acceptors (Lipinski definition) is 5. The molecule has 1 aliphatic carbocycles. The summed E-state index contributed by atoms with van der Waals surface area (Å²) in [6.07, 6.45) is 4.59. The number of aryl methyl sites for hydroxylation is 2. The molecule has 4 rings (SSSR count). The Hall–Kier alpha value is -2.67. The van der Waals surface area contributed by atoms with Gasteiger partial charge in [-0.3, -0.25) is 0 Å². The summed E-state index contributed by atoms with van der Waals surface area (Å²) >= 11 is 0. The molecular weight excluding hydrogens is 348 g/mol. The van der Waals surface area contributed by atoms with Crippen molar-refractivity contribution in [2.24, 2.45) is 0 Å². The van der Waals surface area contributed by atoms with Crippen LogP contribution in [-0.2, 0) is 22.9 Å². The monoisotopic (exact) mass is 368 g/mol. The lowest BCUT2D eigenvalue weighted by Gasteiger charge is -2.17. The second kappa shape index (κ2) is 6.25. The van der Waals surface area contributed by atoms with Gasteiger partial charge in [0.2, 0.25) is 5.95 Å². The molecule has 6 nitrogen and oxygen atoms in total. The fourth-order valence-corrected chi connectivity index (χ4v) is 4.60. The first-order valence-electron chi connectivity index (χ1n) is 8.52. The molecule has 0 bridgehead atoms. The zero-order valence-corrected chi connectivity index (χ0v) is 15.5. The maximum atomic E-state index is 13.0. The maximum absolute atomic E-state index is 13.0. The van der Waals surface area contributed by atoms with Crippen LogP contribution in [0.25, 0.3) is 10.8 Å². The topological polar surface area (TPSA) is 75.2 Å². The van der Waals surface area contributed by atoms with E-state index in [-0.39, 0.29) is 10.8 Å². The van der Waals surface area contributed by atoms with Gasteiger partial charge >= 0.3 is 0 Å². The third kappa shape index (κ3) is 2.88. The SMILES string of the molecule is CN(C)c1cccc2c(S(=O)(=O)Nc3ncc4c(n3)CCC4)cccc12. The first-order valence-corrected chi connectivity index (χ1v) is 10.0. The van der Waals surface area contributed by atoms with E-state index in [0.29, 0.717) is 5.39 Å². The minimum absolute atomic E-state index is 0.131. The van der Waals surface area contributed by atoms with Gasteiger partial charge < -0.3 is 4.90 Å². The maximum Gasteiger partial charge on any atom is 0.264 e. The predicted molar refractivity (Wildman–Crippen MR) is 103 cm³/mol. The van der Waals surface area contributed by atoms with Crippen LogP contribution in [0.5, 0.6) is 0 Å². The summed E-state index contributed by atoms with van der Waals surface area (Å²) in [7, 11) is 0.0808. The van der Waals surface area contributed by atoms with Crippen molar-refractivity contribution < 1.29 is 8.42 Å². The number of sulfonamides is 1. The first kappa shape index (κ1) is 16.8. The number of nitrogens with zero attached hydrogens (tertiary/aromatic N) is 3. The molecule has 0 saturated heterocycles. The third-order valence-corrected chi connectivity index (χ3v) is 6.06. The van der Waals surface area contributed by atoms with Crippen LogP contribution in [0, 0.1) is 0 Å². The van der Waals surface area contributed by atoms with Gasteiger partial charge in [0.1, 0.15) is 0 Å². The zero-order valence-electron chi connectivity index (χ0n) is 14.7. The van der Waals surface area contributed by atoms with E-state index in [9.17, 15) is 8.42 Å². The highest BCUT2D eigenvalue weighted by molar-refractivity contribution is 7.93. The van der Waals surface area contributed by atoms with Crippen molar-refractivity contribution in [3.63, 3.8) is 0 Å². The van der Waals surface area contributed by atoms with Gasteiger partial charge in [0.05, 0.1) is 4.90 Å². The van der Waals surface area contributed by atoms with Crippen LogP contribution >= 0.6 is 0 Å². The Morgan fingerprint density at radius 1 is 1.04 bits per heavy atom. The predicted octanol–water partition coefficient (Wildman–Crippen LogP) is 2.99. The Morgan fingerprint density at radius 3 is 2.62 bits per heavy atom. The Labute approximate surface area is 152 Å². The number of hydrogen-bond donors (Lipinski definition) is 1. The molecule has 0 spiro atoms. The molecule has 3 aromatic rings. The van der Waals surface area contributed by atoms with Gasteiger partial charge in [0.25, 0.3) is 10.0 Å². The van der Waals surface area contributed by atoms with E-state index in [1.165, 1.54) is 0 Å². The van der Waals surface area contributed by atoms with Gasteiger partial charge in [-0.2, -0.15) is 0 Å². The van der Waals surface area contributed by atoms with Crippen LogP contribution in [-0.4, -0.2) is 32.5 Å². The van der Waals surface area contributed by atoms with E-state index < -0.39 is 10.0 Å². The molecule has 1 heterocycles. The molecule has 0 radical (unpaired) electrons. The second-order valence-electron chi connectivity index (χ2n) is 6.65. The first-order chi connectivity index (χ1) is 12.5. The average Bonchev–Trinajstić information content (AvgIpc) is 3.08. The molecule has 2 aromatic carbocycles. The highest BCUT2D eigenvalue weighted by atomic mass is 32.2. The van der Waals surface area contributed by atoms with Crippen molar-refractivity contribution in [2.75, 3.05) is 23.7 Å². The Kier molecular flexibility index (Phi) is 4.03.